The minimum atomic E-state index is -0.218. The van der Waals surface area contributed by atoms with Crippen LogP contribution in [-0.4, -0.2) is 17.9 Å². The van der Waals surface area contributed by atoms with E-state index in [0.717, 1.165) is 10.0 Å². The fourth-order valence-electron chi connectivity index (χ4n) is 1.65. The summed E-state index contributed by atoms with van der Waals surface area (Å²) < 4.78 is 0.788. The van der Waals surface area contributed by atoms with E-state index in [2.05, 4.69) is 31.5 Å². The summed E-state index contributed by atoms with van der Waals surface area (Å²) >= 11 is 9.48. The monoisotopic (exact) mass is 353 g/mol. The van der Waals surface area contributed by atoms with Gasteiger partial charge in [0.1, 0.15) is 5.82 Å². The van der Waals surface area contributed by atoms with Crippen LogP contribution in [0.1, 0.15) is 15.9 Å². The molecule has 6 heteroatoms. The molecule has 20 heavy (non-hydrogen) atoms. The summed E-state index contributed by atoms with van der Waals surface area (Å²) in [4.78, 5) is 16.3. The van der Waals surface area contributed by atoms with Crippen LogP contribution in [-0.2, 0) is 0 Å². The number of hydrogen-bond donors (Lipinski definition) is 2. The summed E-state index contributed by atoms with van der Waals surface area (Å²) in [5, 5.41) is 6.32. The van der Waals surface area contributed by atoms with Crippen LogP contribution in [0.2, 0.25) is 5.02 Å². The molecule has 1 amide bonds. The molecule has 0 saturated heterocycles. The predicted octanol–water partition coefficient (Wildman–Crippen LogP) is 4.10. The van der Waals surface area contributed by atoms with Crippen LogP contribution < -0.4 is 10.6 Å². The van der Waals surface area contributed by atoms with E-state index in [9.17, 15) is 4.79 Å². The van der Waals surface area contributed by atoms with Gasteiger partial charge in [-0.2, -0.15) is 0 Å². The highest BCUT2D eigenvalue weighted by atomic mass is 79.9. The number of nitrogens with one attached hydrogen (secondary N) is 2. The molecule has 2 N–H and O–H groups in total. The molecule has 4 nitrogen and oxygen atoms in total. The van der Waals surface area contributed by atoms with E-state index in [0.29, 0.717) is 22.1 Å². The zero-order valence-corrected chi connectivity index (χ0v) is 13.3. The summed E-state index contributed by atoms with van der Waals surface area (Å²) in [6, 6.07) is 6.92. The Labute approximate surface area is 130 Å². The zero-order chi connectivity index (χ0) is 14.7. The molecule has 2 aromatic rings. The van der Waals surface area contributed by atoms with Crippen LogP contribution in [0.25, 0.3) is 0 Å². The highest BCUT2D eigenvalue weighted by Gasteiger charge is 2.10. The summed E-state index contributed by atoms with van der Waals surface area (Å²) in [7, 11) is 1.75. The number of nitrogens with zero attached hydrogens (tertiary/aromatic N) is 1. The number of amides is 1. The average molecular weight is 355 g/mol. The molecular formula is C14H13BrClN3O. The van der Waals surface area contributed by atoms with Gasteiger partial charge in [-0.1, -0.05) is 11.6 Å². The second-order valence-electron chi connectivity index (χ2n) is 4.22. The maximum Gasteiger partial charge on any atom is 0.255 e. The summed E-state index contributed by atoms with van der Waals surface area (Å²) in [5.74, 6) is 0.420. The molecular weight excluding hydrogens is 342 g/mol. The van der Waals surface area contributed by atoms with E-state index in [1.807, 2.05) is 13.0 Å². The molecule has 0 atom stereocenters. The Morgan fingerprint density at radius 2 is 2.10 bits per heavy atom. The molecule has 104 valence electrons. The molecule has 0 radical (unpaired) electrons. The van der Waals surface area contributed by atoms with Crippen LogP contribution in [0.3, 0.4) is 0 Å². The number of anilines is 2. The third-order valence-corrected chi connectivity index (χ3v) is 3.84. The Bertz CT molecular complexity index is 661. The number of aromatic nitrogens is 1. The van der Waals surface area contributed by atoms with Crippen LogP contribution >= 0.6 is 27.5 Å². The Kier molecular flexibility index (Phi) is 4.62. The number of pyridine rings is 1. The predicted molar refractivity (Wildman–Crippen MR) is 85.6 cm³/mol. The van der Waals surface area contributed by atoms with Crippen molar-refractivity contribution in [1.29, 1.82) is 0 Å². The molecule has 1 aromatic heterocycles. The van der Waals surface area contributed by atoms with Crippen LogP contribution in [0, 0.1) is 6.92 Å². The SMILES string of the molecule is CNc1cc(C(=O)Nc2cc(Cl)c(C)cc2Br)ccn1. The number of carbonyl (C=O) groups excluding carboxylic acids is 1. The van der Waals surface area contributed by atoms with Gasteiger partial charge < -0.3 is 10.6 Å². The maximum absolute atomic E-state index is 12.2. The summed E-state index contributed by atoms with van der Waals surface area (Å²) in [6.45, 7) is 1.90. The normalized spacial score (nSPS) is 10.2. The first kappa shape index (κ1) is 14.8. The maximum atomic E-state index is 12.2. The minimum absolute atomic E-state index is 0.218. The zero-order valence-electron chi connectivity index (χ0n) is 11.0. The molecule has 1 heterocycles. The van der Waals surface area contributed by atoms with Gasteiger partial charge in [0.25, 0.3) is 5.91 Å². The van der Waals surface area contributed by atoms with Gasteiger partial charge in [0, 0.05) is 28.3 Å². The molecule has 0 saturated carbocycles. The van der Waals surface area contributed by atoms with Gasteiger partial charge in [-0.05, 0) is 52.7 Å². The quantitative estimate of drug-likeness (QED) is 0.872. The standard InChI is InChI=1S/C14H13BrClN3O/c1-8-5-10(15)12(7-11(8)16)19-14(20)9-3-4-18-13(6-9)17-2/h3-7H,1-2H3,(H,17,18)(H,19,20). The fraction of sp³-hybridized carbons (Fsp3) is 0.143. The first-order valence-electron chi connectivity index (χ1n) is 5.92. The van der Waals surface area contributed by atoms with Gasteiger partial charge in [-0.3, -0.25) is 4.79 Å². The van der Waals surface area contributed by atoms with Crippen molar-refractivity contribution in [3.05, 3.63) is 51.1 Å². The number of carbonyl (C=O) groups is 1. The van der Waals surface area contributed by atoms with Crippen LogP contribution in [0.5, 0.6) is 0 Å². The molecule has 0 aliphatic heterocycles. The third-order valence-electron chi connectivity index (χ3n) is 2.77. The number of halogens is 2. The molecule has 2 rings (SSSR count). The molecule has 0 aliphatic rings. The number of hydrogen-bond acceptors (Lipinski definition) is 3. The summed E-state index contributed by atoms with van der Waals surface area (Å²) in [6.07, 6.45) is 1.58. The molecule has 0 spiro atoms. The van der Waals surface area contributed by atoms with Gasteiger partial charge in [0.15, 0.2) is 0 Å². The highest BCUT2D eigenvalue weighted by Crippen LogP contribution is 2.29. The lowest BCUT2D eigenvalue weighted by atomic mass is 10.2. The van der Waals surface area contributed by atoms with E-state index < -0.39 is 0 Å². The fourth-order valence-corrected chi connectivity index (χ4v) is 2.37. The van der Waals surface area contributed by atoms with Gasteiger partial charge in [-0.25, -0.2) is 4.98 Å². The van der Waals surface area contributed by atoms with Crippen LogP contribution in [0.15, 0.2) is 34.9 Å². The van der Waals surface area contributed by atoms with Gasteiger partial charge in [0.2, 0.25) is 0 Å². The largest absolute Gasteiger partial charge is 0.373 e. The van der Waals surface area contributed by atoms with Gasteiger partial charge in [0.05, 0.1) is 5.69 Å². The van der Waals surface area contributed by atoms with Crippen molar-refractivity contribution in [3.8, 4) is 0 Å². The van der Waals surface area contributed by atoms with Crippen molar-refractivity contribution in [2.45, 2.75) is 6.92 Å². The lowest BCUT2D eigenvalue weighted by Crippen LogP contribution is -2.13. The minimum Gasteiger partial charge on any atom is -0.373 e. The summed E-state index contributed by atoms with van der Waals surface area (Å²) in [5.41, 5.74) is 2.10. The Hall–Kier alpha value is -1.59. The Morgan fingerprint density at radius 3 is 2.80 bits per heavy atom. The molecule has 1 aromatic carbocycles. The topological polar surface area (TPSA) is 54.0 Å². The van der Waals surface area contributed by atoms with E-state index >= 15 is 0 Å². The first-order valence-corrected chi connectivity index (χ1v) is 7.09. The third kappa shape index (κ3) is 3.29. The van der Waals surface area contributed by atoms with Crippen molar-refractivity contribution in [3.63, 3.8) is 0 Å². The van der Waals surface area contributed by atoms with Gasteiger partial charge >= 0.3 is 0 Å². The second-order valence-corrected chi connectivity index (χ2v) is 5.48. The van der Waals surface area contributed by atoms with Crippen molar-refractivity contribution in [2.75, 3.05) is 17.7 Å². The van der Waals surface area contributed by atoms with Crippen molar-refractivity contribution in [2.24, 2.45) is 0 Å². The number of aryl methyl sites for hydroxylation is 1. The average Bonchev–Trinajstić information content (AvgIpc) is 2.44. The lowest BCUT2D eigenvalue weighted by molar-refractivity contribution is 0.102. The lowest BCUT2D eigenvalue weighted by Gasteiger charge is -2.10. The first-order chi connectivity index (χ1) is 9.51. The smallest absolute Gasteiger partial charge is 0.255 e. The second kappa shape index (κ2) is 6.24. The molecule has 0 unspecified atom stereocenters. The van der Waals surface area contributed by atoms with E-state index in [4.69, 9.17) is 11.6 Å². The number of benzene rings is 1. The highest BCUT2D eigenvalue weighted by molar-refractivity contribution is 9.10. The molecule has 0 fully saturated rings. The van der Waals surface area contributed by atoms with E-state index in [1.54, 1.807) is 31.4 Å². The van der Waals surface area contributed by atoms with Crippen LogP contribution in [0.4, 0.5) is 11.5 Å². The van der Waals surface area contributed by atoms with Crippen molar-refractivity contribution in [1.82, 2.24) is 4.98 Å². The van der Waals surface area contributed by atoms with Gasteiger partial charge in [-0.15, -0.1) is 0 Å². The molecule has 0 aliphatic carbocycles. The Balaban J connectivity index is 2.25. The Morgan fingerprint density at radius 1 is 1.35 bits per heavy atom. The van der Waals surface area contributed by atoms with Crippen molar-refractivity contribution < 1.29 is 4.79 Å². The molecule has 0 bridgehead atoms. The van der Waals surface area contributed by atoms with E-state index in [-0.39, 0.29) is 5.91 Å². The van der Waals surface area contributed by atoms with E-state index in [1.165, 1.54) is 0 Å². The number of rotatable bonds is 3. The van der Waals surface area contributed by atoms with Crippen molar-refractivity contribution >= 4 is 44.9 Å².